The van der Waals surface area contributed by atoms with Crippen LogP contribution in [0.3, 0.4) is 0 Å². The lowest BCUT2D eigenvalue weighted by Gasteiger charge is -2.15. The van der Waals surface area contributed by atoms with Crippen molar-refractivity contribution in [3.05, 3.63) is 59.8 Å². The minimum absolute atomic E-state index is 0.0237. The molecule has 0 bridgehead atoms. The molecule has 0 saturated carbocycles. The normalized spacial score (nSPS) is 12.3. The molecule has 1 atom stereocenters. The number of carbonyl (C=O) groups is 1. The molecule has 6 nitrogen and oxygen atoms in total. The number of hydrogen-bond donors (Lipinski definition) is 0. The van der Waals surface area contributed by atoms with Crippen LogP contribution in [0.2, 0.25) is 10.0 Å². The smallest absolute Gasteiger partial charge is 0.303 e. The summed E-state index contributed by atoms with van der Waals surface area (Å²) in [6.07, 6.45) is 0.904. The minimum Gasteiger partial charge on any atom is -0.490 e. The van der Waals surface area contributed by atoms with E-state index in [0.717, 1.165) is 0 Å². The minimum atomic E-state index is -3.88. The molecule has 2 aromatic carbocycles. The molecular formula is C20H19Cl3O6S. The number of benzene rings is 2. The Kier molecular flexibility index (Phi) is 9.09. The Hall–Kier alpha value is -1.67. The van der Waals surface area contributed by atoms with E-state index in [2.05, 4.69) is 6.92 Å². The van der Waals surface area contributed by atoms with E-state index < -0.39 is 21.9 Å². The van der Waals surface area contributed by atoms with Crippen LogP contribution in [0.1, 0.15) is 6.92 Å². The summed E-state index contributed by atoms with van der Waals surface area (Å²) in [5, 5.41) is 0.140. The highest BCUT2D eigenvalue weighted by atomic mass is 35.5. The Morgan fingerprint density at radius 1 is 1.10 bits per heavy atom. The highest BCUT2D eigenvalue weighted by molar-refractivity contribution is 7.91. The predicted octanol–water partition coefficient (Wildman–Crippen LogP) is 4.79. The van der Waals surface area contributed by atoms with Crippen molar-refractivity contribution < 1.29 is 27.4 Å². The second-order valence-corrected chi connectivity index (χ2v) is 9.06. The Morgan fingerprint density at radius 2 is 1.70 bits per heavy atom. The molecule has 0 aliphatic rings. The quantitative estimate of drug-likeness (QED) is 0.350. The predicted molar refractivity (Wildman–Crippen MR) is 115 cm³/mol. The van der Waals surface area contributed by atoms with E-state index in [9.17, 15) is 13.2 Å². The number of sulfone groups is 1. The van der Waals surface area contributed by atoms with Gasteiger partial charge in [-0.2, -0.15) is 0 Å². The third-order valence-electron chi connectivity index (χ3n) is 3.70. The van der Waals surface area contributed by atoms with E-state index in [-0.39, 0.29) is 44.7 Å². The van der Waals surface area contributed by atoms with E-state index in [1.54, 1.807) is 0 Å². The van der Waals surface area contributed by atoms with Gasteiger partial charge in [0, 0.05) is 6.92 Å². The number of hydrogen-bond acceptors (Lipinski definition) is 6. The number of rotatable bonds is 10. The van der Waals surface area contributed by atoms with Crippen molar-refractivity contribution in [2.24, 2.45) is 0 Å². The van der Waals surface area contributed by atoms with Crippen molar-refractivity contribution in [3.8, 4) is 11.5 Å². The molecule has 0 spiro atoms. The number of alkyl halides is 1. The third kappa shape index (κ3) is 6.41. The zero-order chi connectivity index (χ0) is 22.3. The maximum absolute atomic E-state index is 12.9. The number of esters is 1. The van der Waals surface area contributed by atoms with Crippen LogP contribution in [0.15, 0.2) is 46.2 Å². The molecule has 0 saturated heterocycles. The van der Waals surface area contributed by atoms with Crippen molar-refractivity contribution in [2.75, 3.05) is 19.1 Å². The lowest BCUT2D eigenvalue weighted by atomic mass is 10.3. The molecule has 0 aromatic heterocycles. The van der Waals surface area contributed by atoms with Crippen LogP contribution < -0.4 is 9.47 Å². The molecule has 2 aromatic rings. The molecule has 0 unspecified atom stereocenters. The lowest BCUT2D eigenvalue weighted by Crippen LogP contribution is -2.25. The Labute approximate surface area is 190 Å². The van der Waals surface area contributed by atoms with Crippen molar-refractivity contribution in [1.82, 2.24) is 0 Å². The first-order valence-corrected chi connectivity index (χ1v) is 11.4. The van der Waals surface area contributed by atoms with Gasteiger partial charge in [0.15, 0.2) is 5.75 Å². The Morgan fingerprint density at radius 3 is 2.20 bits per heavy atom. The summed E-state index contributed by atoms with van der Waals surface area (Å²) in [5.74, 6) is 0.173. The number of carbonyl (C=O) groups excluding carboxylic acids is 1. The molecule has 10 heteroatoms. The highest BCUT2D eigenvalue weighted by Gasteiger charge is 2.22. The molecule has 0 amide bonds. The molecule has 0 fully saturated rings. The van der Waals surface area contributed by atoms with Crippen molar-refractivity contribution in [3.63, 3.8) is 0 Å². The summed E-state index contributed by atoms with van der Waals surface area (Å²) >= 11 is 18.0. The average Bonchev–Trinajstić information content (AvgIpc) is 2.70. The van der Waals surface area contributed by atoms with E-state index in [1.165, 1.54) is 49.7 Å². The number of halogens is 3. The first-order valence-electron chi connectivity index (χ1n) is 8.63. The second-order valence-electron chi connectivity index (χ2n) is 5.99. The van der Waals surface area contributed by atoms with E-state index in [0.29, 0.717) is 5.75 Å². The fraction of sp³-hybridized carbons (Fsp3) is 0.250. The summed E-state index contributed by atoms with van der Waals surface area (Å²) in [7, 11) is -3.88. The monoisotopic (exact) mass is 492 g/mol. The van der Waals surface area contributed by atoms with Gasteiger partial charge in [-0.25, -0.2) is 8.42 Å². The van der Waals surface area contributed by atoms with Crippen molar-refractivity contribution in [2.45, 2.75) is 22.8 Å². The van der Waals surface area contributed by atoms with Crippen LogP contribution in [-0.2, 0) is 19.4 Å². The highest BCUT2D eigenvalue weighted by Crippen LogP contribution is 2.37. The average molecular weight is 494 g/mol. The van der Waals surface area contributed by atoms with Crippen LogP contribution >= 0.6 is 34.8 Å². The second kappa shape index (κ2) is 11.1. The lowest BCUT2D eigenvalue weighted by molar-refractivity contribution is -0.146. The molecule has 0 aliphatic carbocycles. The summed E-state index contributed by atoms with van der Waals surface area (Å²) < 4.78 is 41.7. The number of ether oxygens (including phenoxy) is 3. The molecule has 0 heterocycles. The largest absolute Gasteiger partial charge is 0.490 e. The molecular weight excluding hydrogens is 475 g/mol. The zero-order valence-corrected chi connectivity index (χ0v) is 19.0. The van der Waals surface area contributed by atoms with Crippen LogP contribution in [0.4, 0.5) is 0 Å². The Balaban J connectivity index is 2.18. The maximum Gasteiger partial charge on any atom is 0.303 e. The molecule has 0 N–H and O–H groups in total. The SMILES string of the molecule is [CH2][CH]COc1c(Cl)cc(S(=O)(=O)c2ccc(OC[C@H](CCl)OC(C)=O)cc2)cc1Cl. The van der Waals surface area contributed by atoms with E-state index in [4.69, 9.17) is 49.0 Å². The standard InChI is InChI=1S/C20H19Cl3O6S/c1-3-8-27-20-18(22)9-17(10-19(20)23)30(25,26)16-6-4-14(5-7-16)28-12-15(11-21)29-13(2)24/h3-7,9-10,15H,1,8,11-12H2,2H3/t15-/m0/s1. The van der Waals surface area contributed by atoms with Crippen LogP contribution in [0, 0.1) is 13.3 Å². The van der Waals surface area contributed by atoms with Gasteiger partial charge in [0.2, 0.25) is 9.84 Å². The topological polar surface area (TPSA) is 78.9 Å². The first-order chi connectivity index (χ1) is 14.2. The molecule has 2 rings (SSSR count). The Bertz CT molecular complexity index is 954. The van der Waals surface area contributed by atoms with Gasteiger partial charge in [-0.05, 0) is 49.7 Å². The first kappa shape index (κ1) is 24.6. The van der Waals surface area contributed by atoms with Gasteiger partial charge in [0.25, 0.3) is 0 Å². The summed E-state index contributed by atoms with van der Waals surface area (Å²) in [4.78, 5) is 10.9. The fourth-order valence-electron chi connectivity index (χ4n) is 2.36. The van der Waals surface area contributed by atoms with Crippen molar-refractivity contribution in [1.29, 1.82) is 0 Å². The van der Waals surface area contributed by atoms with Gasteiger partial charge in [-0.15, -0.1) is 11.6 Å². The van der Waals surface area contributed by atoms with Gasteiger partial charge in [-0.1, -0.05) is 23.2 Å². The van der Waals surface area contributed by atoms with Gasteiger partial charge in [-0.3, -0.25) is 4.79 Å². The van der Waals surface area contributed by atoms with Crippen LogP contribution in [-0.4, -0.2) is 39.6 Å². The van der Waals surface area contributed by atoms with E-state index >= 15 is 0 Å². The molecule has 2 radical (unpaired) electrons. The van der Waals surface area contributed by atoms with Crippen LogP contribution in [0.25, 0.3) is 0 Å². The van der Waals surface area contributed by atoms with Crippen LogP contribution in [0.5, 0.6) is 11.5 Å². The fourth-order valence-corrected chi connectivity index (χ4v) is 4.55. The maximum atomic E-state index is 12.9. The van der Waals surface area contributed by atoms with Gasteiger partial charge in [0.1, 0.15) is 18.5 Å². The molecule has 30 heavy (non-hydrogen) atoms. The summed E-state index contributed by atoms with van der Waals surface area (Å²) in [6, 6.07) is 8.28. The summed E-state index contributed by atoms with van der Waals surface area (Å²) in [5.41, 5.74) is 0. The third-order valence-corrected chi connectivity index (χ3v) is 6.36. The van der Waals surface area contributed by atoms with E-state index in [1.807, 2.05) is 0 Å². The van der Waals surface area contributed by atoms with Gasteiger partial charge in [0.05, 0.1) is 32.3 Å². The molecule has 162 valence electrons. The molecule has 0 aliphatic heterocycles. The zero-order valence-electron chi connectivity index (χ0n) is 15.9. The van der Waals surface area contributed by atoms with Gasteiger partial charge >= 0.3 is 5.97 Å². The summed E-state index contributed by atoms with van der Waals surface area (Å²) in [6.45, 7) is 5.02. The van der Waals surface area contributed by atoms with Gasteiger partial charge < -0.3 is 14.2 Å². The van der Waals surface area contributed by atoms with Crippen molar-refractivity contribution >= 4 is 50.6 Å².